The Morgan fingerprint density at radius 2 is 1.77 bits per heavy atom. The van der Waals surface area contributed by atoms with E-state index in [0.29, 0.717) is 17.1 Å². The molecule has 1 aromatic heterocycles. The quantitative estimate of drug-likeness (QED) is 0.468. The van der Waals surface area contributed by atoms with Gasteiger partial charge in [0.1, 0.15) is 5.75 Å². The van der Waals surface area contributed by atoms with Crippen LogP contribution in [-0.4, -0.2) is 25.7 Å². The minimum absolute atomic E-state index is 0.0667. The molecule has 0 saturated carbocycles. The number of aryl methyl sites for hydroxylation is 1. The van der Waals surface area contributed by atoms with Crippen molar-refractivity contribution in [2.75, 3.05) is 7.11 Å². The predicted molar refractivity (Wildman–Crippen MR) is 117 cm³/mol. The number of aromatic nitrogens is 2. The SMILES string of the molecule is COc1cccc(CNS(=O)(=O)c2ccccc2-c2nc(-c3ccc(C)cc3)no2)c1. The molecule has 8 heteroatoms. The van der Waals surface area contributed by atoms with Gasteiger partial charge in [-0.2, -0.15) is 4.98 Å². The monoisotopic (exact) mass is 435 g/mol. The maximum atomic E-state index is 13.0. The van der Waals surface area contributed by atoms with E-state index < -0.39 is 10.0 Å². The van der Waals surface area contributed by atoms with Gasteiger partial charge in [0.05, 0.1) is 17.6 Å². The van der Waals surface area contributed by atoms with Crippen molar-refractivity contribution < 1.29 is 17.7 Å². The standard InChI is InChI=1S/C23H21N3O4S/c1-16-10-12-18(13-11-16)22-25-23(30-26-22)20-8-3-4-9-21(20)31(27,28)24-15-17-6-5-7-19(14-17)29-2/h3-14,24H,15H2,1-2H3. The van der Waals surface area contributed by atoms with Gasteiger partial charge in [0, 0.05) is 12.1 Å². The molecule has 3 aromatic carbocycles. The fraction of sp³-hybridized carbons (Fsp3) is 0.130. The normalized spacial score (nSPS) is 11.4. The van der Waals surface area contributed by atoms with Gasteiger partial charge in [0.2, 0.25) is 15.8 Å². The largest absolute Gasteiger partial charge is 0.497 e. The number of nitrogens with zero attached hydrogens (tertiary/aromatic N) is 2. The van der Waals surface area contributed by atoms with Gasteiger partial charge < -0.3 is 9.26 Å². The summed E-state index contributed by atoms with van der Waals surface area (Å²) in [6, 6.07) is 21.4. The molecule has 0 aliphatic heterocycles. The Labute approximate surface area is 180 Å². The van der Waals surface area contributed by atoms with Crippen LogP contribution in [0.5, 0.6) is 5.75 Å². The van der Waals surface area contributed by atoms with E-state index in [1.807, 2.05) is 37.3 Å². The maximum Gasteiger partial charge on any atom is 0.259 e. The maximum absolute atomic E-state index is 13.0. The first-order valence-corrected chi connectivity index (χ1v) is 11.1. The zero-order valence-corrected chi connectivity index (χ0v) is 17.9. The summed E-state index contributed by atoms with van der Waals surface area (Å²) in [4.78, 5) is 4.48. The molecule has 4 aromatic rings. The highest BCUT2D eigenvalue weighted by Gasteiger charge is 2.22. The van der Waals surface area contributed by atoms with Crippen molar-refractivity contribution in [1.82, 2.24) is 14.9 Å². The molecule has 4 rings (SSSR count). The molecule has 0 aliphatic carbocycles. The number of nitrogens with one attached hydrogen (secondary N) is 1. The molecule has 158 valence electrons. The summed E-state index contributed by atoms with van der Waals surface area (Å²) in [6.07, 6.45) is 0. The van der Waals surface area contributed by atoms with Gasteiger partial charge >= 0.3 is 0 Å². The summed E-state index contributed by atoms with van der Waals surface area (Å²) < 4.78 is 39.3. The first-order valence-electron chi connectivity index (χ1n) is 9.59. The summed E-state index contributed by atoms with van der Waals surface area (Å²) >= 11 is 0. The van der Waals surface area contributed by atoms with Crippen LogP contribution in [0.15, 0.2) is 82.2 Å². The first kappa shape index (κ1) is 20.8. The number of benzene rings is 3. The minimum Gasteiger partial charge on any atom is -0.497 e. The molecule has 0 atom stereocenters. The fourth-order valence-corrected chi connectivity index (χ4v) is 4.28. The molecule has 0 unspecified atom stereocenters. The molecule has 0 amide bonds. The van der Waals surface area contributed by atoms with Crippen LogP contribution in [0.3, 0.4) is 0 Å². The summed E-state index contributed by atoms with van der Waals surface area (Å²) in [6.45, 7) is 2.11. The van der Waals surface area contributed by atoms with Crippen LogP contribution < -0.4 is 9.46 Å². The van der Waals surface area contributed by atoms with Crippen LogP contribution in [0.4, 0.5) is 0 Å². The van der Waals surface area contributed by atoms with E-state index in [4.69, 9.17) is 9.26 Å². The number of sulfonamides is 1. The van der Waals surface area contributed by atoms with Gasteiger partial charge in [0.15, 0.2) is 0 Å². The topological polar surface area (TPSA) is 94.3 Å². The van der Waals surface area contributed by atoms with Crippen molar-refractivity contribution >= 4 is 10.0 Å². The molecule has 0 spiro atoms. The zero-order valence-electron chi connectivity index (χ0n) is 17.1. The second-order valence-electron chi connectivity index (χ2n) is 6.96. The highest BCUT2D eigenvalue weighted by Crippen LogP contribution is 2.28. The van der Waals surface area contributed by atoms with Gasteiger partial charge in [-0.3, -0.25) is 0 Å². The third kappa shape index (κ3) is 4.65. The molecule has 1 N–H and O–H groups in total. The average Bonchev–Trinajstić information content (AvgIpc) is 3.29. The lowest BCUT2D eigenvalue weighted by molar-refractivity contribution is 0.414. The summed E-state index contributed by atoms with van der Waals surface area (Å²) in [5.41, 5.74) is 3.02. The van der Waals surface area contributed by atoms with Gasteiger partial charge in [0.25, 0.3) is 5.89 Å². The van der Waals surface area contributed by atoms with Crippen LogP contribution in [0, 0.1) is 6.92 Å². The Kier molecular flexibility index (Phi) is 5.83. The summed E-state index contributed by atoms with van der Waals surface area (Å²) in [7, 11) is -2.27. The highest BCUT2D eigenvalue weighted by molar-refractivity contribution is 7.89. The van der Waals surface area contributed by atoms with Gasteiger partial charge in [-0.25, -0.2) is 13.1 Å². The lowest BCUT2D eigenvalue weighted by Crippen LogP contribution is -2.23. The van der Waals surface area contributed by atoms with Crippen molar-refractivity contribution in [3.05, 3.63) is 83.9 Å². The van der Waals surface area contributed by atoms with E-state index in [9.17, 15) is 8.42 Å². The molecule has 0 fully saturated rings. The predicted octanol–water partition coefficient (Wildman–Crippen LogP) is 4.20. The Bertz CT molecular complexity index is 1300. The molecule has 0 aliphatic rings. The van der Waals surface area contributed by atoms with E-state index in [1.54, 1.807) is 43.5 Å². The molecule has 1 heterocycles. The molecular formula is C23H21N3O4S. The van der Waals surface area contributed by atoms with E-state index in [2.05, 4.69) is 14.9 Å². The van der Waals surface area contributed by atoms with Crippen LogP contribution in [0.25, 0.3) is 22.8 Å². The van der Waals surface area contributed by atoms with Crippen molar-refractivity contribution in [2.24, 2.45) is 0 Å². The Morgan fingerprint density at radius 3 is 2.55 bits per heavy atom. The lowest BCUT2D eigenvalue weighted by atomic mass is 10.1. The van der Waals surface area contributed by atoms with E-state index in [0.717, 1.165) is 16.7 Å². The molecule has 31 heavy (non-hydrogen) atoms. The Balaban J connectivity index is 1.61. The fourth-order valence-electron chi connectivity index (χ4n) is 3.07. The molecule has 0 bridgehead atoms. The number of ether oxygens (including phenoxy) is 1. The minimum atomic E-state index is -3.84. The smallest absolute Gasteiger partial charge is 0.259 e. The summed E-state index contributed by atoms with van der Waals surface area (Å²) in [5.74, 6) is 1.19. The Morgan fingerprint density at radius 1 is 1.00 bits per heavy atom. The number of hydrogen-bond donors (Lipinski definition) is 1. The van der Waals surface area contributed by atoms with Crippen LogP contribution >= 0.6 is 0 Å². The molecule has 0 saturated heterocycles. The second-order valence-corrected chi connectivity index (χ2v) is 8.70. The molecular weight excluding hydrogens is 414 g/mol. The van der Waals surface area contributed by atoms with Crippen LogP contribution in [0.1, 0.15) is 11.1 Å². The second kappa shape index (κ2) is 8.71. The Hall–Kier alpha value is -3.49. The third-order valence-electron chi connectivity index (χ3n) is 4.74. The van der Waals surface area contributed by atoms with Gasteiger partial charge in [-0.1, -0.05) is 59.3 Å². The lowest BCUT2D eigenvalue weighted by Gasteiger charge is -2.10. The highest BCUT2D eigenvalue weighted by atomic mass is 32.2. The molecule has 7 nitrogen and oxygen atoms in total. The number of hydrogen-bond acceptors (Lipinski definition) is 6. The van der Waals surface area contributed by atoms with Crippen LogP contribution in [-0.2, 0) is 16.6 Å². The van der Waals surface area contributed by atoms with E-state index >= 15 is 0 Å². The van der Waals surface area contributed by atoms with E-state index in [-0.39, 0.29) is 17.3 Å². The summed E-state index contributed by atoms with van der Waals surface area (Å²) in [5, 5.41) is 4.01. The van der Waals surface area contributed by atoms with Crippen molar-refractivity contribution in [3.63, 3.8) is 0 Å². The number of rotatable bonds is 7. The van der Waals surface area contributed by atoms with Crippen molar-refractivity contribution in [2.45, 2.75) is 18.4 Å². The van der Waals surface area contributed by atoms with Gasteiger partial charge in [-0.05, 0) is 36.8 Å². The first-order chi connectivity index (χ1) is 15.0. The van der Waals surface area contributed by atoms with Crippen molar-refractivity contribution in [1.29, 1.82) is 0 Å². The van der Waals surface area contributed by atoms with E-state index in [1.165, 1.54) is 6.07 Å². The van der Waals surface area contributed by atoms with Crippen molar-refractivity contribution in [3.8, 4) is 28.6 Å². The average molecular weight is 436 g/mol. The third-order valence-corrected chi connectivity index (χ3v) is 6.20. The van der Waals surface area contributed by atoms with Crippen LogP contribution in [0.2, 0.25) is 0 Å². The van der Waals surface area contributed by atoms with Gasteiger partial charge in [-0.15, -0.1) is 0 Å². The molecule has 0 radical (unpaired) electrons. The zero-order chi connectivity index (χ0) is 21.8. The number of methoxy groups -OCH3 is 1.